The van der Waals surface area contributed by atoms with Crippen molar-refractivity contribution < 1.29 is 19.1 Å². The number of morpholine rings is 1. The normalized spacial score (nSPS) is 14.8. The zero-order valence-corrected chi connectivity index (χ0v) is 11.4. The number of esters is 1. The van der Waals surface area contributed by atoms with Crippen LogP contribution >= 0.6 is 0 Å². The first-order chi connectivity index (χ1) is 9.70. The molecule has 108 valence electrons. The molecule has 0 bridgehead atoms. The van der Waals surface area contributed by atoms with Crippen LogP contribution in [0.25, 0.3) is 0 Å². The summed E-state index contributed by atoms with van der Waals surface area (Å²) >= 11 is 0. The second-order valence-electron chi connectivity index (χ2n) is 4.32. The predicted octanol–water partition coefficient (Wildman–Crippen LogP) is 1.02. The molecule has 0 saturated carbocycles. The minimum Gasteiger partial charge on any atom is -0.459 e. The molecule has 0 radical (unpaired) electrons. The van der Waals surface area contributed by atoms with Crippen molar-refractivity contribution >= 4 is 23.3 Å². The third-order valence-corrected chi connectivity index (χ3v) is 2.96. The molecule has 1 aromatic carbocycles. The lowest BCUT2D eigenvalue weighted by atomic mass is 10.2. The fourth-order valence-electron chi connectivity index (χ4n) is 1.96. The van der Waals surface area contributed by atoms with Gasteiger partial charge in [-0.3, -0.25) is 4.79 Å². The number of carbonyl (C=O) groups excluding carboxylic acids is 2. The number of rotatable bonds is 3. The topological polar surface area (TPSA) is 67.9 Å². The molecule has 1 aliphatic rings. The first kappa shape index (κ1) is 14.3. The molecule has 1 N–H and O–H groups in total. The third kappa shape index (κ3) is 3.71. The smallest absolute Gasteiger partial charge is 0.397 e. The van der Waals surface area contributed by atoms with E-state index >= 15 is 0 Å². The summed E-state index contributed by atoms with van der Waals surface area (Å²) in [6.07, 6.45) is 0. The minimum absolute atomic E-state index is 0.183. The van der Waals surface area contributed by atoms with E-state index in [1.165, 1.54) is 0 Å². The molecular weight excluding hydrogens is 260 g/mol. The van der Waals surface area contributed by atoms with Gasteiger partial charge < -0.3 is 19.7 Å². The number of carbonyl (C=O) groups is 2. The highest BCUT2D eigenvalue weighted by Gasteiger charge is 2.15. The average molecular weight is 278 g/mol. The Morgan fingerprint density at radius 3 is 2.50 bits per heavy atom. The Hall–Kier alpha value is -2.08. The molecule has 0 aromatic heterocycles. The van der Waals surface area contributed by atoms with E-state index in [0.717, 1.165) is 32.0 Å². The molecule has 0 unspecified atom stereocenters. The van der Waals surface area contributed by atoms with E-state index in [0.29, 0.717) is 5.69 Å². The molecule has 6 heteroatoms. The lowest BCUT2D eigenvalue weighted by Crippen LogP contribution is -2.36. The zero-order chi connectivity index (χ0) is 14.4. The number of nitrogens with one attached hydrogen (secondary N) is 1. The van der Waals surface area contributed by atoms with E-state index in [-0.39, 0.29) is 6.61 Å². The maximum Gasteiger partial charge on any atom is 0.397 e. The van der Waals surface area contributed by atoms with Gasteiger partial charge in [0.25, 0.3) is 0 Å². The van der Waals surface area contributed by atoms with Crippen molar-refractivity contribution in [3.05, 3.63) is 24.3 Å². The van der Waals surface area contributed by atoms with Gasteiger partial charge in [0.2, 0.25) is 0 Å². The van der Waals surface area contributed by atoms with E-state index in [1.54, 1.807) is 19.1 Å². The fraction of sp³-hybridized carbons (Fsp3) is 0.429. The summed E-state index contributed by atoms with van der Waals surface area (Å²) in [7, 11) is 0. The van der Waals surface area contributed by atoms with Crippen molar-refractivity contribution in [2.45, 2.75) is 6.92 Å². The van der Waals surface area contributed by atoms with Crippen molar-refractivity contribution in [3.8, 4) is 0 Å². The highest BCUT2D eigenvalue weighted by Crippen LogP contribution is 2.18. The first-order valence-electron chi connectivity index (χ1n) is 6.61. The summed E-state index contributed by atoms with van der Waals surface area (Å²) in [6, 6.07) is 7.35. The Morgan fingerprint density at radius 1 is 1.25 bits per heavy atom. The molecule has 1 amide bonds. The van der Waals surface area contributed by atoms with E-state index in [4.69, 9.17) is 4.74 Å². The van der Waals surface area contributed by atoms with Crippen LogP contribution in [0.5, 0.6) is 0 Å². The Bertz CT molecular complexity index is 467. The molecule has 20 heavy (non-hydrogen) atoms. The monoisotopic (exact) mass is 278 g/mol. The summed E-state index contributed by atoms with van der Waals surface area (Å²) in [5.74, 6) is -1.63. The summed E-state index contributed by atoms with van der Waals surface area (Å²) in [4.78, 5) is 24.9. The van der Waals surface area contributed by atoms with Gasteiger partial charge in [-0.25, -0.2) is 4.79 Å². The maximum absolute atomic E-state index is 11.5. The molecule has 1 heterocycles. The SMILES string of the molecule is CCOC(=O)C(=O)Nc1ccc(N2CCOCC2)cc1. The summed E-state index contributed by atoms with van der Waals surface area (Å²) in [5.41, 5.74) is 1.64. The summed E-state index contributed by atoms with van der Waals surface area (Å²) in [6.45, 7) is 5.00. The largest absolute Gasteiger partial charge is 0.459 e. The molecule has 0 atom stereocenters. The summed E-state index contributed by atoms with van der Waals surface area (Å²) < 4.78 is 9.92. The van der Waals surface area contributed by atoms with Gasteiger partial charge in [0, 0.05) is 24.5 Å². The van der Waals surface area contributed by atoms with Gasteiger partial charge in [0.05, 0.1) is 19.8 Å². The number of ether oxygens (including phenoxy) is 2. The van der Waals surface area contributed by atoms with E-state index in [2.05, 4.69) is 15.0 Å². The first-order valence-corrected chi connectivity index (χ1v) is 6.61. The van der Waals surface area contributed by atoms with Crippen LogP contribution in [0.2, 0.25) is 0 Å². The van der Waals surface area contributed by atoms with Gasteiger partial charge in [-0.05, 0) is 31.2 Å². The Balaban J connectivity index is 1.94. The van der Waals surface area contributed by atoms with Crippen molar-refractivity contribution in [1.82, 2.24) is 0 Å². The Labute approximate surface area is 117 Å². The Kier molecular flexibility index (Phi) is 4.95. The predicted molar refractivity (Wildman–Crippen MR) is 74.7 cm³/mol. The molecule has 1 aromatic rings. The van der Waals surface area contributed by atoms with E-state index < -0.39 is 11.9 Å². The molecule has 6 nitrogen and oxygen atoms in total. The number of amides is 1. The second-order valence-corrected chi connectivity index (χ2v) is 4.32. The van der Waals surface area contributed by atoms with Crippen LogP contribution in [0.1, 0.15) is 6.92 Å². The number of nitrogens with zero attached hydrogens (tertiary/aromatic N) is 1. The lowest BCUT2D eigenvalue weighted by molar-refractivity contribution is -0.152. The number of anilines is 2. The molecule has 0 spiro atoms. The molecule has 2 rings (SSSR count). The van der Waals surface area contributed by atoms with Crippen LogP contribution in [0, 0.1) is 0 Å². The lowest BCUT2D eigenvalue weighted by Gasteiger charge is -2.28. The summed E-state index contributed by atoms with van der Waals surface area (Å²) in [5, 5.41) is 2.50. The molecule has 1 fully saturated rings. The molecule has 1 aliphatic heterocycles. The highest BCUT2D eigenvalue weighted by molar-refractivity contribution is 6.37. The van der Waals surface area contributed by atoms with Crippen LogP contribution < -0.4 is 10.2 Å². The van der Waals surface area contributed by atoms with Gasteiger partial charge in [0.1, 0.15) is 0 Å². The van der Waals surface area contributed by atoms with Crippen molar-refractivity contribution in [1.29, 1.82) is 0 Å². The standard InChI is InChI=1S/C14H18N2O4/c1-2-20-14(18)13(17)15-11-3-5-12(6-4-11)16-7-9-19-10-8-16/h3-6H,2,7-10H2,1H3,(H,15,17). The fourth-order valence-corrected chi connectivity index (χ4v) is 1.96. The van der Waals surface area contributed by atoms with Crippen LogP contribution in [0.3, 0.4) is 0 Å². The van der Waals surface area contributed by atoms with E-state index in [1.807, 2.05) is 12.1 Å². The van der Waals surface area contributed by atoms with Gasteiger partial charge in [-0.15, -0.1) is 0 Å². The highest BCUT2D eigenvalue weighted by atomic mass is 16.5. The van der Waals surface area contributed by atoms with Crippen LogP contribution in [0.15, 0.2) is 24.3 Å². The van der Waals surface area contributed by atoms with Crippen molar-refractivity contribution in [3.63, 3.8) is 0 Å². The van der Waals surface area contributed by atoms with Gasteiger partial charge in [-0.2, -0.15) is 0 Å². The van der Waals surface area contributed by atoms with E-state index in [9.17, 15) is 9.59 Å². The van der Waals surface area contributed by atoms with Gasteiger partial charge in [0.15, 0.2) is 0 Å². The van der Waals surface area contributed by atoms with Crippen LogP contribution in [0.4, 0.5) is 11.4 Å². The van der Waals surface area contributed by atoms with Gasteiger partial charge >= 0.3 is 11.9 Å². The van der Waals surface area contributed by atoms with Crippen LogP contribution in [-0.2, 0) is 19.1 Å². The van der Waals surface area contributed by atoms with Crippen molar-refractivity contribution in [2.24, 2.45) is 0 Å². The zero-order valence-electron chi connectivity index (χ0n) is 11.4. The number of hydrogen-bond donors (Lipinski definition) is 1. The maximum atomic E-state index is 11.5. The van der Waals surface area contributed by atoms with Gasteiger partial charge in [-0.1, -0.05) is 0 Å². The number of benzene rings is 1. The average Bonchev–Trinajstić information content (AvgIpc) is 2.49. The van der Waals surface area contributed by atoms with Crippen molar-refractivity contribution in [2.75, 3.05) is 43.1 Å². The number of hydrogen-bond acceptors (Lipinski definition) is 5. The minimum atomic E-state index is -0.871. The molecule has 0 aliphatic carbocycles. The Morgan fingerprint density at radius 2 is 1.90 bits per heavy atom. The quantitative estimate of drug-likeness (QED) is 0.660. The molecule has 1 saturated heterocycles. The molecular formula is C14H18N2O4. The van der Waals surface area contributed by atoms with Crippen LogP contribution in [-0.4, -0.2) is 44.8 Å². The second kappa shape index (κ2) is 6.91. The third-order valence-electron chi connectivity index (χ3n) is 2.96.